The van der Waals surface area contributed by atoms with Crippen LogP contribution in [0.3, 0.4) is 0 Å². The smallest absolute Gasteiger partial charge is 0.346 e. The van der Waals surface area contributed by atoms with Crippen molar-refractivity contribution in [3.8, 4) is 0 Å². The number of carbonyl (C=O) groups is 1. The third-order valence-corrected chi connectivity index (χ3v) is 6.19. The highest BCUT2D eigenvalue weighted by Crippen LogP contribution is 2.28. The Morgan fingerprint density at radius 1 is 1.24 bits per heavy atom. The van der Waals surface area contributed by atoms with Gasteiger partial charge in [-0.05, 0) is 49.2 Å². The summed E-state index contributed by atoms with van der Waals surface area (Å²) in [5.41, 5.74) is 1.75. The van der Waals surface area contributed by atoms with E-state index in [2.05, 4.69) is 20.7 Å². The highest BCUT2D eigenvalue weighted by molar-refractivity contribution is 9.10. The number of rotatable bonds is 4. The molecule has 0 aliphatic rings. The van der Waals surface area contributed by atoms with E-state index in [1.807, 2.05) is 13.0 Å². The predicted molar refractivity (Wildman–Crippen MR) is 85.7 cm³/mol. The summed E-state index contributed by atoms with van der Waals surface area (Å²) in [6, 6.07) is 6.56. The first-order valence-corrected chi connectivity index (χ1v) is 8.92. The van der Waals surface area contributed by atoms with Crippen LogP contribution in [0.1, 0.15) is 20.8 Å². The van der Waals surface area contributed by atoms with Gasteiger partial charge in [0.05, 0.1) is 5.69 Å². The predicted octanol–water partition coefficient (Wildman–Crippen LogP) is 3.63. The molecule has 2 rings (SSSR count). The zero-order valence-corrected chi connectivity index (χ0v) is 14.4. The standard InChI is InChI=1S/C13H12BrNO4S2/c1-7-3-9(14)6-10(4-7)15-21(18,19)11-5-8(2)12(20-11)13(16)17/h3-6,15H,1-2H3,(H,16,17). The molecule has 0 bridgehead atoms. The van der Waals surface area contributed by atoms with Gasteiger partial charge >= 0.3 is 5.97 Å². The molecule has 0 unspecified atom stereocenters. The quantitative estimate of drug-likeness (QED) is 0.835. The maximum absolute atomic E-state index is 12.3. The van der Waals surface area contributed by atoms with Crippen molar-refractivity contribution in [2.24, 2.45) is 0 Å². The van der Waals surface area contributed by atoms with Crippen molar-refractivity contribution in [2.45, 2.75) is 18.1 Å². The normalized spacial score (nSPS) is 11.4. The summed E-state index contributed by atoms with van der Waals surface area (Å²) in [6.45, 7) is 3.42. The third-order valence-electron chi connectivity index (χ3n) is 2.65. The van der Waals surface area contributed by atoms with Crippen LogP contribution in [0, 0.1) is 13.8 Å². The first-order chi connectivity index (χ1) is 9.69. The van der Waals surface area contributed by atoms with E-state index >= 15 is 0 Å². The van der Waals surface area contributed by atoms with Crippen molar-refractivity contribution < 1.29 is 18.3 Å². The van der Waals surface area contributed by atoms with Crippen LogP contribution in [0.25, 0.3) is 0 Å². The van der Waals surface area contributed by atoms with Gasteiger partial charge in [-0.2, -0.15) is 0 Å². The molecule has 8 heteroatoms. The Labute approximate surface area is 134 Å². The number of aromatic carboxylic acids is 1. The minimum Gasteiger partial charge on any atom is -0.477 e. The number of anilines is 1. The molecule has 0 radical (unpaired) electrons. The number of carboxylic acids is 1. The topological polar surface area (TPSA) is 83.5 Å². The van der Waals surface area contributed by atoms with Crippen LogP contribution in [0.15, 0.2) is 32.9 Å². The minimum atomic E-state index is -3.80. The summed E-state index contributed by atoms with van der Waals surface area (Å²) in [6.07, 6.45) is 0. The summed E-state index contributed by atoms with van der Waals surface area (Å²) in [5.74, 6) is -1.13. The largest absolute Gasteiger partial charge is 0.477 e. The molecule has 2 aromatic rings. The molecule has 112 valence electrons. The van der Waals surface area contributed by atoms with Crippen molar-refractivity contribution in [1.29, 1.82) is 0 Å². The summed E-state index contributed by atoms with van der Waals surface area (Å²) in [4.78, 5) is 11.0. The van der Waals surface area contributed by atoms with E-state index < -0.39 is 16.0 Å². The molecule has 0 amide bonds. The fourth-order valence-corrected chi connectivity index (χ4v) is 4.82. The van der Waals surface area contributed by atoms with Gasteiger partial charge in [0.2, 0.25) is 0 Å². The highest BCUT2D eigenvalue weighted by Gasteiger charge is 2.21. The minimum absolute atomic E-state index is 0.0185. The van der Waals surface area contributed by atoms with E-state index in [0.29, 0.717) is 11.3 Å². The fraction of sp³-hybridized carbons (Fsp3) is 0.154. The third kappa shape index (κ3) is 3.63. The number of aryl methyl sites for hydroxylation is 2. The van der Waals surface area contributed by atoms with E-state index in [9.17, 15) is 13.2 Å². The number of halogens is 1. The van der Waals surface area contributed by atoms with Crippen molar-refractivity contribution in [2.75, 3.05) is 4.72 Å². The zero-order chi connectivity index (χ0) is 15.8. The molecule has 0 fully saturated rings. The first kappa shape index (κ1) is 16.0. The average Bonchev–Trinajstić information content (AvgIpc) is 2.70. The van der Waals surface area contributed by atoms with E-state index in [1.165, 1.54) is 6.07 Å². The van der Waals surface area contributed by atoms with Gasteiger partial charge in [0.25, 0.3) is 10.0 Å². The lowest BCUT2D eigenvalue weighted by Crippen LogP contribution is -2.11. The van der Waals surface area contributed by atoms with Gasteiger partial charge in [-0.1, -0.05) is 15.9 Å². The van der Waals surface area contributed by atoms with Gasteiger partial charge in [0.1, 0.15) is 9.09 Å². The van der Waals surface area contributed by atoms with Crippen LogP contribution in [0.5, 0.6) is 0 Å². The number of sulfonamides is 1. The second kappa shape index (κ2) is 5.78. The molecule has 1 aromatic carbocycles. The molecule has 21 heavy (non-hydrogen) atoms. The molecule has 0 atom stereocenters. The summed E-state index contributed by atoms with van der Waals surface area (Å²) in [7, 11) is -3.80. The molecule has 0 saturated heterocycles. The van der Waals surface area contributed by atoms with E-state index in [-0.39, 0.29) is 9.09 Å². The fourth-order valence-electron chi connectivity index (χ4n) is 1.80. The molecule has 1 aromatic heterocycles. The summed E-state index contributed by atoms with van der Waals surface area (Å²) in [5, 5.41) is 9.00. The molecule has 0 saturated carbocycles. The second-order valence-electron chi connectivity index (χ2n) is 4.51. The maximum Gasteiger partial charge on any atom is 0.346 e. The van der Waals surface area contributed by atoms with Crippen LogP contribution >= 0.6 is 27.3 Å². The van der Waals surface area contributed by atoms with Crippen LogP contribution in [-0.4, -0.2) is 19.5 Å². The lowest BCUT2D eigenvalue weighted by atomic mass is 10.2. The van der Waals surface area contributed by atoms with Gasteiger partial charge < -0.3 is 5.11 Å². The van der Waals surface area contributed by atoms with Crippen LogP contribution < -0.4 is 4.72 Å². The Kier molecular flexibility index (Phi) is 4.40. The van der Waals surface area contributed by atoms with Gasteiger partial charge in [-0.15, -0.1) is 11.3 Å². The number of nitrogens with one attached hydrogen (secondary N) is 1. The Hall–Kier alpha value is -1.38. The molecular weight excluding hydrogens is 378 g/mol. The molecule has 5 nitrogen and oxygen atoms in total. The molecule has 0 spiro atoms. The molecule has 0 aliphatic heterocycles. The van der Waals surface area contributed by atoms with E-state index in [0.717, 1.165) is 21.4 Å². The molecule has 0 aliphatic carbocycles. The molecule has 2 N–H and O–H groups in total. The zero-order valence-electron chi connectivity index (χ0n) is 11.2. The number of hydrogen-bond donors (Lipinski definition) is 2. The Balaban J connectivity index is 2.38. The molecular formula is C13H12BrNO4S2. The second-order valence-corrected chi connectivity index (χ2v) is 8.38. The SMILES string of the molecule is Cc1cc(Br)cc(NS(=O)(=O)c2cc(C)c(C(=O)O)s2)c1. The van der Waals surface area contributed by atoms with Crippen molar-refractivity contribution >= 4 is 48.9 Å². The van der Waals surface area contributed by atoms with E-state index in [1.54, 1.807) is 19.1 Å². The van der Waals surface area contributed by atoms with Crippen molar-refractivity contribution in [3.05, 3.63) is 44.7 Å². The average molecular weight is 390 g/mol. The Morgan fingerprint density at radius 3 is 2.43 bits per heavy atom. The summed E-state index contributed by atoms with van der Waals surface area (Å²) < 4.78 is 27.8. The number of hydrogen-bond acceptors (Lipinski definition) is 4. The highest BCUT2D eigenvalue weighted by atomic mass is 79.9. The van der Waals surface area contributed by atoms with E-state index in [4.69, 9.17) is 5.11 Å². The molecule has 1 heterocycles. The van der Waals surface area contributed by atoms with Crippen LogP contribution in [0.2, 0.25) is 0 Å². The lowest BCUT2D eigenvalue weighted by molar-refractivity contribution is 0.0701. The van der Waals surface area contributed by atoms with Crippen molar-refractivity contribution in [3.63, 3.8) is 0 Å². The van der Waals surface area contributed by atoms with Gasteiger partial charge in [-0.3, -0.25) is 4.72 Å². The Bertz CT molecular complexity index is 791. The van der Waals surface area contributed by atoms with Crippen LogP contribution in [0.4, 0.5) is 5.69 Å². The summed E-state index contributed by atoms with van der Waals surface area (Å²) >= 11 is 4.04. The van der Waals surface area contributed by atoms with Gasteiger partial charge in [0.15, 0.2) is 0 Å². The van der Waals surface area contributed by atoms with Gasteiger partial charge in [-0.25, -0.2) is 13.2 Å². The van der Waals surface area contributed by atoms with Crippen LogP contribution in [-0.2, 0) is 10.0 Å². The van der Waals surface area contributed by atoms with Gasteiger partial charge in [0, 0.05) is 4.47 Å². The van der Waals surface area contributed by atoms with Crippen molar-refractivity contribution in [1.82, 2.24) is 0 Å². The number of carboxylic acid groups (broad SMARTS) is 1. The maximum atomic E-state index is 12.3. The number of thiophene rings is 1. The monoisotopic (exact) mass is 389 g/mol. The number of benzene rings is 1. The Morgan fingerprint density at radius 2 is 1.90 bits per heavy atom. The lowest BCUT2D eigenvalue weighted by Gasteiger charge is -2.07. The first-order valence-electron chi connectivity index (χ1n) is 5.83.